The topological polar surface area (TPSA) is 42.4 Å². The monoisotopic (exact) mass is 269 g/mol. The molecule has 1 heterocycles. The highest BCUT2D eigenvalue weighted by Crippen LogP contribution is 2.24. The van der Waals surface area contributed by atoms with E-state index in [0.29, 0.717) is 22.4 Å². The van der Waals surface area contributed by atoms with Crippen molar-refractivity contribution < 1.29 is 9.84 Å². The summed E-state index contributed by atoms with van der Waals surface area (Å²) in [5, 5.41) is 9.61. The van der Waals surface area contributed by atoms with E-state index in [2.05, 4.69) is 4.98 Å². The minimum Gasteiger partial charge on any atom is -0.477 e. The first-order valence-electron chi connectivity index (χ1n) is 6.67. The molecular formula is C14H20ClNO2. The van der Waals surface area contributed by atoms with Crippen molar-refractivity contribution in [3.8, 4) is 5.88 Å². The summed E-state index contributed by atoms with van der Waals surface area (Å²) in [7, 11) is 0. The molecule has 3 nitrogen and oxygen atoms in total. The number of hydrogen-bond acceptors (Lipinski definition) is 3. The quantitative estimate of drug-likeness (QED) is 0.850. The van der Waals surface area contributed by atoms with E-state index in [1.165, 1.54) is 44.7 Å². The Balaban J connectivity index is 1.88. The number of pyridine rings is 1. The molecule has 1 aliphatic rings. The van der Waals surface area contributed by atoms with Crippen LogP contribution in [0.2, 0.25) is 5.02 Å². The molecule has 0 aliphatic heterocycles. The van der Waals surface area contributed by atoms with Gasteiger partial charge in [0.25, 0.3) is 0 Å². The first-order valence-corrected chi connectivity index (χ1v) is 7.05. The zero-order valence-corrected chi connectivity index (χ0v) is 11.3. The van der Waals surface area contributed by atoms with Crippen molar-refractivity contribution in [3.05, 3.63) is 22.8 Å². The predicted octanol–water partition coefficient (Wildman–Crippen LogP) is 3.58. The Morgan fingerprint density at radius 3 is 2.67 bits per heavy atom. The summed E-state index contributed by atoms with van der Waals surface area (Å²) in [5.74, 6) is 1.20. The minimum atomic E-state index is -0.0822. The van der Waals surface area contributed by atoms with E-state index in [9.17, 15) is 0 Å². The molecule has 0 amide bonds. The van der Waals surface area contributed by atoms with Gasteiger partial charge in [0.15, 0.2) is 0 Å². The number of aliphatic hydroxyl groups is 1. The summed E-state index contributed by atoms with van der Waals surface area (Å²) < 4.78 is 5.72. The molecule has 1 aromatic rings. The van der Waals surface area contributed by atoms with E-state index < -0.39 is 0 Å². The van der Waals surface area contributed by atoms with Gasteiger partial charge in [-0.15, -0.1) is 0 Å². The van der Waals surface area contributed by atoms with Crippen LogP contribution in [0.3, 0.4) is 0 Å². The molecule has 0 unspecified atom stereocenters. The van der Waals surface area contributed by atoms with E-state index in [1.54, 1.807) is 6.07 Å². The highest BCUT2D eigenvalue weighted by atomic mass is 35.5. The van der Waals surface area contributed by atoms with E-state index in [-0.39, 0.29) is 6.61 Å². The molecule has 0 atom stereocenters. The second-order valence-corrected chi connectivity index (χ2v) is 5.35. The van der Waals surface area contributed by atoms with Crippen LogP contribution in [-0.2, 0) is 6.61 Å². The van der Waals surface area contributed by atoms with Crippen molar-refractivity contribution in [2.75, 3.05) is 6.61 Å². The number of halogens is 1. The third-order valence-electron chi connectivity index (χ3n) is 3.52. The summed E-state index contributed by atoms with van der Waals surface area (Å²) in [4.78, 5) is 4.13. The number of rotatable bonds is 4. The van der Waals surface area contributed by atoms with Crippen molar-refractivity contribution in [3.63, 3.8) is 0 Å². The molecule has 0 bridgehead atoms. The van der Waals surface area contributed by atoms with Crippen LogP contribution in [-0.4, -0.2) is 16.7 Å². The number of nitrogens with zero attached hydrogens (tertiary/aromatic N) is 1. The molecule has 1 fully saturated rings. The molecule has 1 aromatic heterocycles. The first-order chi connectivity index (χ1) is 8.79. The highest BCUT2D eigenvalue weighted by Gasteiger charge is 2.13. The van der Waals surface area contributed by atoms with Crippen LogP contribution in [0.4, 0.5) is 0 Å². The fraction of sp³-hybridized carbons (Fsp3) is 0.643. The van der Waals surface area contributed by atoms with Gasteiger partial charge in [0.05, 0.1) is 18.2 Å². The molecule has 4 heteroatoms. The van der Waals surface area contributed by atoms with Crippen molar-refractivity contribution >= 4 is 11.6 Å². The van der Waals surface area contributed by atoms with Gasteiger partial charge < -0.3 is 9.84 Å². The van der Waals surface area contributed by atoms with Crippen LogP contribution in [0.15, 0.2) is 12.3 Å². The zero-order valence-electron chi connectivity index (χ0n) is 10.6. The molecule has 0 aromatic carbocycles. The van der Waals surface area contributed by atoms with Crippen LogP contribution in [0.5, 0.6) is 5.88 Å². The molecule has 0 saturated heterocycles. The van der Waals surface area contributed by atoms with E-state index >= 15 is 0 Å². The Kier molecular flexibility index (Phi) is 5.26. The SMILES string of the molecule is OCc1cc(OCC2CCCCCC2)ncc1Cl. The molecule has 18 heavy (non-hydrogen) atoms. The molecule has 2 rings (SSSR count). The van der Waals surface area contributed by atoms with Crippen LogP contribution in [0.25, 0.3) is 0 Å². The number of aromatic nitrogens is 1. The molecular weight excluding hydrogens is 250 g/mol. The summed E-state index contributed by atoms with van der Waals surface area (Å²) in [6, 6.07) is 1.72. The summed E-state index contributed by atoms with van der Waals surface area (Å²) in [5.41, 5.74) is 0.669. The van der Waals surface area contributed by atoms with Gasteiger partial charge in [0, 0.05) is 17.8 Å². The molecule has 1 saturated carbocycles. The smallest absolute Gasteiger partial charge is 0.213 e. The number of aliphatic hydroxyl groups excluding tert-OH is 1. The largest absolute Gasteiger partial charge is 0.477 e. The Morgan fingerprint density at radius 2 is 2.00 bits per heavy atom. The fourth-order valence-corrected chi connectivity index (χ4v) is 2.56. The van der Waals surface area contributed by atoms with E-state index in [4.69, 9.17) is 21.4 Å². The second-order valence-electron chi connectivity index (χ2n) is 4.94. The van der Waals surface area contributed by atoms with Gasteiger partial charge in [0.2, 0.25) is 5.88 Å². The fourth-order valence-electron chi connectivity index (χ4n) is 2.39. The average molecular weight is 270 g/mol. The van der Waals surface area contributed by atoms with Crippen LogP contribution < -0.4 is 4.74 Å². The molecule has 100 valence electrons. The Bertz CT molecular complexity index is 376. The normalized spacial score (nSPS) is 17.4. The lowest BCUT2D eigenvalue weighted by molar-refractivity contribution is 0.225. The third kappa shape index (κ3) is 3.85. The van der Waals surface area contributed by atoms with Crippen molar-refractivity contribution in [2.24, 2.45) is 5.92 Å². The van der Waals surface area contributed by atoms with Gasteiger partial charge in [-0.3, -0.25) is 0 Å². The lowest BCUT2D eigenvalue weighted by Gasteiger charge is -2.15. The van der Waals surface area contributed by atoms with Gasteiger partial charge in [-0.1, -0.05) is 37.3 Å². The van der Waals surface area contributed by atoms with Crippen molar-refractivity contribution in [1.82, 2.24) is 4.98 Å². The lowest BCUT2D eigenvalue weighted by Crippen LogP contribution is -2.12. The molecule has 0 radical (unpaired) electrons. The maximum Gasteiger partial charge on any atom is 0.213 e. The van der Waals surface area contributed by atoms with Crippen molar-refractivity contribution in [1.29, 1.82) is 0 Å². The summed E-state index contributed by atoms with van der Waals surface area (Å²) in [6.45, 7) is 0.640. The number of ether oxygens (including phenoxy) is 1. The van der Waals surface area contributed by atoms with Crippen LogP contribution >= 0.6 is 11.6 Å². The molecule has 1 aliphatic carbocycles. The van der Waals surface area contributed by atoms with Crippen LogP contribution in [0, 0.1) is 5.92 Å². The Labute approximate surface area is 113 Å². The molecule has 0 spiro atoms. The third-order valence-corrected chi connectivity index (χ3v) is 3.86. The molecule has 1 N–H and O–H groups in total. The minimum absolute atomic E-state index is 0.0822. The van der Waals surface area contributed by atoms with Gasteiger partial charge in [-0.2, -0.15) is 0 Å². The lowest BCUT2D eigenvalue weighted by atomic mass is 10.0. The average Bonchev–Trinajstić information content (AvgIpc) is 2.66. The van der Waals surface area contributed by atoms with E-state index in [0.717, 1.165) is 6.61 Å². The zero-order chi connectivity index (χ0) is 12.8. The van der Waals surface area contributed by atoms with Gasteiger partial charge in [-0.25, -0.2) is 4.98 Å². The van der Waals surface area contributed by atoms with Crippen LogP contribution in [0.1, 0.15) is 44.1 Å². The maximum absolute atomic E-state index is 9.13. The van der Waals surface area contributed by atoms with Gasteiger partial charge in [-0.05, 0) is 18.8 Å². The maximum atomic E-state index is 9.13. The second kappa shape index (κ2) is 6.95. The van der Waals surface area contributed by atoms with Crippen molar-refractivity contribution in [2.45, 2.75) is 45.1 Å². The van der Waals surface area contributed by atoms with Gasteiger partial charge >= 0.3 is 0 Å². The standard InChI is InChI=1S/C14H20ClNO2/c15-13-8-16-14(7-12(13)9-17)18-10-11-5-3-1-2-4-6-11/h7-8,11,17H,1-6,9-10H2. The highest BCUT2D eigenvalue weighted by molar-refractivity contribution is 6.31. The predicted molar refractivity (Wildman–Crippen MR) is 71.9 cm³/mol. The Hall–Kier alpha value is -0.800. The van der Waals surface area contributed by atoms with E-state index in [1.807, 2.05) is 0 Å². The summed E-state index contributed by atoms with van der Waals surface area (Å²) in [6.07, 6.45) is 9.36. The van der Waals surface area contributed by atoms with Gasteiger partial charge in [0.1, 0.15) is 0 Å². The number of hydrogen-bond donors (Lipinski definition) is 1. The first kappa shape index (κ1) is 13.6. The summed E-state index contributed by atoms with van der Waals surface area (Å²) >= 11 is 5.89. The Morgan fingerprint density at radius 1 is 1.28 bits per heavy atom.